The zero-order valence-electron chi connectivity index (χ0n) is 42.9. The third-order valence-corrected chi connectivity index (χ3v) is 11.6. The molecule has 0 rings (SSSR count). The van der Waals surface area contributed by atoms with Crippen LogP contribution in [0.25, 0.3) is 0 Å². The molecule has 4 nitrogen and oxygen atoms in total. The lowest BCUT2D eigenvalue weighted by Crippen LogP contribution is -2.45. The first kappa shape index (κ1) is 62.5. The summed E-state index contributed by atoms with van der Waals surface area (Å²) in [6.07, 6.45) is 87.4. The second-order valence-corrected chi connectivity index (χ2v) is 17.9. The molecule has 2 unspecified atom stereocenters. The quantitative estimate of drug-likeness (QED) is 0.0421. The predicted octanol–water partition coefficient (Wildman–Crippen LogP) is 18.2. The molecule has 0 aromatic rings. The number of aliphatic hydroxyl groups excluding tert-OH is 2. The van der Waals surface area contributed by atoms with E-state index in [0.29, 0.717) is 6.42 Å². The minimum atomic E-state index is -0.868. The van der Waals surface area contributed by atoms with E-state index in [1.54, 1.807) is 6.08 Å². The summed E-state index contributed by atoms with van der Waals surface area (Å²) >= 11 is 0. The van der Waals surface area contributed by atoms with Crippen LogP contribution < -0.4 is 5.32 Å². The molecule has 0 heterocycles. The van der Waals surface area contributed by atoms with E-state index in [-0.39, 0.29) is 12.5 Å². The lowest BCUT2D eigenvalue weighted by Gasteiger charge is -2.19. The molecule has 4 heteroatoms. The Hall–Kier alpha value is -3.47. The van der Waals surface area contributed by atoms with E-state index < -0.39 is 12.1 Å². The number of carbonyl (C=O) groups excluding carboxylic acids is 1. The average Bonchev–Trinajstić information content (AvgIpc) is 3.32. The van der Waals surface area contributed by atoms with Crippen LogP contribution in [-0.4, -0.2) is 34.9 Å². The smallest absolute Gasteiger partial charge is 0.220 e. The van der Waals surface area contributed by atoms with Crippen LogP contribution in [0.1, 0.15) is 232 Å². The average molecular weight is 911 g/mol. The molecule has 374 valence electrons. The highest BCUT2D eigenvalue weighted by Gasteiger charge is 2.17. The van der Waals surface area contributed by atoms with Crippen LogP contribution in [0, 0.1) is 0 Å². The molecule has 2 atom stereocenters. The van der Waals surface area contributed by atoms with Gasteiger partial charge in [-0.2, -0.15) is 0 Å². The molecule has 0 aromatic carbocycles. The first-order valence-corrected chi connectivity index (χ1v) is 27.4. The third-order valence-electron chi connectivity index (χ3n) is 11.6. The van der Waals surface area contributed by atoms with Crippen LogP contribution in [0.5, 0.6) is 0 Å². The maximum absolute atomic E-state index is 12.4. The molecule has 0 aliphatic carbocycles. The number of aliphatic hydroxyl groups is 2. The van der Waals surface area contributed by atoms with E-state index in [1.807, 2.05) is 6.08 Å². The number of nitrogens with one attached hydrogen (secondary N) is 1. The van der Waals surface area contributed by atoms with Crippen LogP contribution in [-0.2, 0) is 4.79 Å². The zero-order chi connectivity index (χ0) is 47.7. The molecule has 0 saturated heterocycles. The van der Waals surface area contributed by atoms with Crippen molar-refractivity contribution in [1.29, 1.82) is 0 Å². The standard InChI is InChI=1S/C62H103NO3/c1-3-5-7-9-11-13-15-17-19-21-23-25-26-27-28-29-30-31-32-33-34-35-36-38-40-42-44-46-48-50-52-54-56-58-62(66)63-60(59-64)61(65)57-55-53-51-49-47-45-43-41-39-37-24-22-20-18-16-14-12-10-8-6-4-2/h5,7,11,13,17,19,23,25,27-28,30-31,33-34,36,38,42,44,48,50,55,57,60-61,64-65H,3-4,6,8-10,12,14-16,18,20-22,24,26,29,32,35,37,39-41,43,45-47,49,51-54,56,58-59H2,1-2H3,(H,63,66)/b7-5-,13-11-,19-17-,25-23-,28-27-,31-30-,34-33-,38-36-,44-42-,50-48-,57-55+. The monoisotopic (exact) mass is 910 g/mol. The van der Waals surface area contributed by atoms with Crippen LogP contribution in [0.4, 0.5) is 0 Å². The first-order chi connectivity index (χ1) is 32.7. The second-order valence-electron chi connectivity index (χ2n) is 17.9. The van der Waals surface area contributed by atoms with Gasteiger partial charge in [0.1, 0.15) is 0 Å². The predicted molar refractivity (Wildman–Crippen MR) is 294 cm³/mol. The fourth-order valence-electron chi connectivity index (χ4n) is 7.50. The second kappa shape index (κ2) is 55.9. The van der Waals surface area contributed by atoms with Crippen molar-refractivity contribution in [2.45, 2.75) is 244 Å². The van der Waals surface area contributed by atoms with Crippen molar-refractivity contribution >= 4 is 5.91 Å². The van der Waals surface area contributed by atoms with Crippen LogP contribution >= 0.6 is 0 Å². The molecule has 66 heavy (non-hydrogen) atoms. The highest BCUT2D eigenvalue weighted by Crippen LogP contribution is 2.15. The maximum Gasteiger partial charge on any atom is 0.220 e. The van der Waals surface area contributed by atoms with E-state index in [0.717, 1.165) is 96.3 Å². The highest BCUT2D eigenvalue weighted by atomic mass is 16.3. The van der Waals surface area contributed by atoms with Crippen molar-refractivity contribution in [2.24, 2.45) is 0 Å². The van der Waals surface area contributed by atoms with Gasteiger partial charge >= 0.3 is 0 Å². The normalized spacial score (nSPS) is 13.9. The molecular weight excluding hydrogens is 807 g/mol. The van der Waals surface area contributed by atoms with Gasteiger partial charge in [-0.15, -0.1) is 0 Å². The molecule has 0 saturated carbocycles. The summed E-state index contributed by atoms with van der Waals surface area (Å²) in [5.41, 5.74) is 0. The van der Waals surface area contributed by atoms with E-state index in [4.69, 9.17) is 0 Å². The van der Waals surface area contributed by atoms with Gasteiger partial charge in [-0.1, -0.05) is 263 Å². The minimum Gasteiger partial charge on any atom is -0.394 e. The summed E-state index contributed by atoms with van der Waals surface area (Å²) in [4.78, 5) is 12.4. The van der Waals surface area contributed by atoms with Crippen molar-refractivity contribution in [3.8, 4) is 0 Å². The van der Waals surface area contributed by atoms with Gasteiger partial charge in [-0.3, -0.25) is 4.79 Å². The molecule has 0 fully saturated rings. The van der Waals surface area contributed by atoms with Gasteiger partial charge in [0.05, 0.1) is 18.8 Å². The molecule has 0 radical (unpaired) electrons. The van der Waals surface area contributed by atoms with Crippen LogP contribution in [0.2, 0.25) is 0 Å². The first-order valence-electron chi connectivity index (χ1n) is 27.4. The van der Waals surface area contributed by atoms with Gasteiger partial charge in [0, 0.05) is 6.42 Å². The summed E-state index contributed by atoms with van der Waals surface area (Å²) in [7, 11) is 0. The fraction of sp³-hybridized carbons (Fsp3) is 0.629. The number of hydrogen-bond acceptors (Lipinski definition) is 3. The summed E-state index contributed by atoms with van der Waals surface area (Å²) in [6.45, 7) is 4.18. The van der Waals surface area contributed by atoms with Gasteiger partial charge in [0.25, 0.3) is 0 Å². The summed E-state index contributed by atoms with van der Waals surface area (Å²) in [5, 5.41) is 23.1. The van der Waals surface area contributed by atoms with Crippen molar-refractivity contribution in [1.82, 2.24) is 5.32 Å². The topological polar surface area (TPSA) is 69.6 Å². The van der Waals surface area contributed by atoms with Crippen LogP contribution in [0.3, 0.4) is 0 Å². The summed E-state index contributed by atoms with van der Waals surface area (Å²) < 4.78 is 0. The Morgan fingerprint density at radius 2 is 0.667 bits per heavy atom. The van der Waals surface area contributed by atoms with Gasteiger partial charge in [0.2, 0.25) is 5.91 Å². The number of allylic oxidation sites excluding steroid dienone is 21. The van der Waals surface area contributed by atoms with E-state index in [1.165, 1.54) is 116 Å². The number of amides is 1. The Morgan fingerprint density at radius 1 is 0.379 bits per heavy atom. The van der Waals surface area contributed by atoms with E-state index in [9.17, 15) is 15.0 Å². The van der Waals surface area contributed by atoms with Crippen molar-refractivity contribution in [3.63, 3.8) is 0 Å². The molecule has 1 amide bonds. The highest BCUT2D eigenvalue weighted by molar-refractivity contribution is 5.76. The van der Waals surface area contributed by atoms with Gasteiger partial charge in [0.15, 0.2) is 0 Å². The number of unbranched alkanes of at least 4 members (excludes halogenated alkanes) is 21. The molecule has 0 aliphatic rings. The lowest BCUT2D eigenvalue weighted by molar-refractivity contribution is -0.123. The Kier molecular flexibility index (Phi) is 52.9. The molecule has 0 bridgehead atoms. The molecule has 3 N–H and O–H groups in total. The van der Waals surface area contributed by atoms with Crippen molar-refractivity contribution in [3.05, 3.63) is 134 Å². The summed E-state index contributed by atoms with van der Waals surface area (Å²) in [5.74, 6) is -0.111. The van der Waals surface area contributed by atoms with Crippen molar-refractivity contribution in [2.75, 3.05) is 6.61 Å². The fourth-order valence-corrected chi connectivity index (χ4v) is 7.50. The number of hydrogen-bond donors (Lipinski definition) is 3. The lowest BCUT2D eigenvalue weighted by atomic mass is 10.0. The molecule has 0 aliphatic heterocycles. The van der Waals surface area contributed by atoms with Gasteiger partial charge in [-0.05, 0) is 96.3 Å². The van der Waals surface area contributed by atoms with E-state index in [2.05, 4.69) is 141 Å². The summed E-state index contributed by atoms with van der Waals surface area (Å²) in [6, 6.07) is -0.657. The Bertz CT molecular complexity index is 1350. The largest absolute Gasteiger partial charge is 0.394 e. The van der Waals surface area contributed by atoms with E-state index >= 15 is 0 Å². The molecular formula is C62H103NO3. The minimum absolute atomic E-state index is 0.111. The van der Waals surface area contributed by atoms with Gasteiger partial charge in [-0.25, -0.2) is 0 Å². The third kappa shape index (κ3) is 51.5. The van der Waals surface area contributed by atoms with Gasteiger partial charge < -0.3 is 15.5 Å². The number of carbonyl (C=O) groups is 1. The zero-order valence-corrected chi connectivity index (χ0v) is 42.9. The Balaban J connectivity index is 3.71. The number of rotatable bonds is 48. The SMILES string of the molecule is CC/C=C\C/C=C\C/C=C\C/C=C\C/C=C\C/C=C\C/C=C\C/C=C\C/C=C\C/C=C\CCCCC(=O)NC(CO)C(O)/C=C/CCCCCCCCCCCCCCCCCCCCC. The van der Waals surface area contributed by atoms with Crippen molar-refractivity contribution < 1.29 is 15.0 Å². The maximum atomic E-state index is 12.4. The van der Waals surface area contributed by atoms with Crippen LogP contribution in [0.15, 0.2) is 134 Å². The molecule has 0 aromatic heterocycles. The Labute approximate surface area is 409 Å². The molecule has 0 spiro atoms. The Morgan fingerprint density at radius 3 is 1.00 bits per heavy atom.